The first-order valence-corrected chi connectivity index (χ1v) is 23.3. The molecule has 1 aliphatic rings. The Morgan fingerprint density at radius 3 is 1.37 bits per heavy atom. The molecule has 2 heteroatoms. The van der Waals surface area contributed by atoms with Gasteiger partial charge in [-0.15, -0.1) is 0 Å². The molecule has 0 N–H and O–H groups in total. The van der Waals surface area contributed by atoms with Crippen molar-refractivity contribution in [1.29, 1.82) is 0 Å². The fourth-order valence-corrected chi connectivity index (χ4v) is 11.2. The Morgan fingerprint density at radius 1 is 0.313 bits per heavy atom. The molecule has 2 nitrogen and oxygen atoms in total. The van der Waals surface area contributed by atoms with E-state index in [1.54, 1.807) is 0 Å². The molecule has 0 atom stereocenters. The van der Waals surface area contributed by atoms with E-state index in [1.807, 2.05) is 0 Å². The third-order valence-corrected chi connectivity index (χ3v) is 14.4. The Kier molecular flexibility index (Phi) is 8.91. The van der Waals surface area contributed by atoms with Crippen LogP contribution in [0.15, 0.2) is 243 Å². The number of aromatic nitrogens is 1. The first kappa shape index (κ1) is 39.0. The van der Waals surface area contributed by atoms with Crippen molar-refractivity contribution in [3.05, 3.63) is 254 Å². The summed E-state index contributed by atoms with van der Waals surface area (Å²) in [7, 11) is 0. The number of para-hydroxylation sites is 3. The molecule has 0 saturated heterocycles. The maximum atomic E-state index is 2.49. The second kappa shape index (κ2) is 15.3. The van der Waals surface area contributed by atoms with Crippen molar-refractivity contribution < 1.29 is 0 Å². The molecule has 0 fully saturated rings. The second-order valence-electron chi connectivity index (χ2n) is 18.5. The number of hydrogen-bond acceptors (Lipinski definition) is 1. The van der Waals surface area contributed by atoms with E-state index in [2.05, 4.69) is 266 Å². The van der Waals surface area contributed by atoms with Crippen LogP contribution in [0.5, 0.6) is 0 Å². The molecule has 11 aromatic carbocycles. The van der Waals surface area contributed by atoms with Crippen LogP contribution in [-0.4, -0.2) is 4.57 Å². The fourth-order valence-electron chi connectivity index (χ4n) is 11.2. The highest BCUT2D eigenvalue weighted by molar-refractivity contribution is 6.21. The highest BCUT2D eigenvalue weighted by Gasteiger charge is 2.36. The van der Waals surface area contributed by atoms with Gasteiger partial charge in [0.15, 0.2) is 0 Å². The monoisotopic (exact) mass is 854 g/mol. The molecule has 1 aromatic heterocycles. The predicted octanol–water partition coefficient (Wildman–Crippen LogP) is 17.9. The van der Waals surface area contributed by atoms with E-state index in [-0.39, 0.29) is 5.41 Å². The van der Waals surface area contributed by atoms with Gasteiger partial charge in [0.25, 0.3) is 0 Å². The average Bonchev–Trinajstić information content (AvgIpc) is 3.83. The fraction of sp³-hybridized carbons (Fsp3) is 0.0462. The Hall–Kier alpha value is -8.46. The molecule has 0 spiro atoms. The summed E-state index contributed by atoms with van der Waals surface area (Å²) in [5.74, 6) is 0. The van der Waals surface area contributed by atoms with Gasteiger partial charge in [-0.1, -0.05) is 184 Å². The standard InChI is InChI=1S/C65H46N2/c1-65(2)59-41-46(64-56-27-14-12-25-54(56)63(44-18-6-3-7-19-44)55-26-13-15-28-57(55)64)32-37-51(59)52-38-36-50(42-60(52)65)67-61-29-17-16-24-53(61)58-40-45(33-39-62(58)67)43-30-34-49(35-31-43)66(47-20-8-4-9-21-47)48-22-10-5-11-23-48/h3-42H,1-2H3. The summed E-state index contributed by atoms with van der Waals surface area (Å²) in [4.78, 5) is 2.31. The van der Waals surface area contributed by atoms with Gasteiger partial charge < -0.3 is 9.47 Å². The van der Waals surface area contributed by atoms with Crippen LogP contribution in [0.25, 0.3) is 93.5 Å². The molecule has 1 heterocycles. The van der Waals surface area contributed by atoms with Gasteiger partial charge >= 0.3 is 0 Å². The molecule has 67 heavy (non-hydrogen) atoms. The lowest BCUT2D eigenvalue weighted by atomic mass is 9.80. The van der Waals surface area contributed by atoms with E-state index < -0.39 is 0 Å². The van der Waals surface area contributed by atoms with Crippen molar-refractivity contribution in [2.75, 3.05) is 4.90 Å². The van der Waals surface area contributed by atoms with Crippen LogP contribution in [0, 0.1) is 0 Å². The molecular weight excluding hydrogens is 809 g/mol. The maximum absolute atomic E-state index is 2.49. The molecule has 13 rings (SSSR count). The normalized spacial score (nSPS) is 12.7. The molecule has 0 aliphatic heterocycles. The summed E-state index contributed by atoms with van der Waals surface area (Å²) in [5.41, 5.74) is 19.6. The molecule has 1 aliphatic carbocycles. The molecule has 316 valence electrons. The quantitative estimate of drug-likeness (QED) is 0.145. The van der Waals surface area contributed by atoms with Crippen molar-refractivity contribution in [3.8, 4) is 50.2 Å². The molecule has 0 amide bonds. The summed E-state index contributed by atoms with van der Waals surface area (Å²) in [5, 5.41) is 7.61. The lowest BCUT2D eigenvalue weighted by Crippen LogP contribution is -2.15. The number of anilines is 3. The van der Waals surface area contributed by atoms with Crippen molar-refractivity contribution in [1.82, 2.24) is 4.57 Å². The van der Waals surface area contributed by atoms with Gasteiger partial charge in [0.05, 0.1) is 11.0 Å². The Morgan fingerprint density at radius 2 is 0.761 bits per heavy atom. The van der Waals surface area contributed by atoms with Gasteiger partial charge in [-0.25, -0.2) is 0 Å². The molecule has 12 aromatic rings. The van der Waals surface area contributed by atoms with E-state index in [4.69, 9.17) is 0 Å². The van der Waals surface area contributed by atoms with Gasteiger partial charge in [0.1, 0.15) is 0 Å². The zero-order valence-electron chi connectivity index (χ0n) is 37.5. The van der Waals surface area contributed by atoms with E-state index >= 15 is 0 Å². The first-order chi connectivity index (χ1) is 33.0. The minimum Gasteiger partial charge on any atom is -0.311 e. The number of benzene rings is 11. The molecule has 0 unspecified atom stereocenters. The topological polar surface area (TPSA) is 8.17 Å². The molecule has 0 radical (unpaired) electrons. The Balaban J connectivity index is 0.889. The van der Waals surface area contributed by atoms with Gasteiger partial charge in [-0.05, 0) is 150 Å². The molecular formula is C65H46N2. The smallest absolute Gasteiger partial charge is 0.0541 e. The highest BCUT2D eigenvalue weighted by atomic mass is 15.1. The zero-order valence-corrected chi connectivity index (χ0v) is 37.5. The number of hydrogen-bond donors (Lipinski definition) is 0. The predicted molar refractivity (Wildman–Crippen MR) is 284 cm³/mol. The van der Waals surface area contributed by atoms with Gasteiger partial charge in [0.2, 0.25) is 0 Å². The second-order valence-corrected chi connectivity index (χ2v) is 18.5. The van der Waals surface area contributed by atoms with Crippen molar-refractivity contribution in [3.63, 3.8) is 0 Å². The molecule has 0 bridgehead atoms. The van der Waals surface area contributed by atoms with Gasteiger partial charge in [0, 0.05) is 38.9 Å². The average molecular weight is 855 g/mol. The van der Waals surface area contributed by atoms with Gasteiger partial charge in [-0.2, -0.15) is 0 Å². The number of rotatable bonds is 7. The third kappa shape index (κ3) is 6.18. The maximum Gasteiger partial charge on any atom is 0.0541 e. The number of nitrogens with zero attached hydrogens (tertiary/aromatic N) is 2. The van der Waals surface area contributed by atoms with Crippen molar-refractivity contribution >= 4 is 60.4 Å². The van der Waals surface area contributed by atoms with Crippen LogP contribution in [-0.2, 0) is 5.41 Å². The van der Waals surface area contributed by atoms with E-state index in [0.717, 1.165) is 17.1 Å². The van der Waals surface area contributed by atoms with Crippen LogP contribution in [0.3, 0.4) is 0 Å². The summed E-state index contributed by atoms with van der Waals surface area (Å²) in [6.07, 6.45) is 0. The van der Waals surface area contributed by atoms with E-state index in [0.29, 0.717) is 0 Å². The third-order valence-electron chi connectivity index (χ3n) is 14.4. The van der Waals surface area contributed by atoms with E-state index in [1.165, 1.54) is 105 Å². The lowest BCUT2D eigenvalue weighted by molar-refractivity contribution is 0.660. The summed E-state index contributed by atoms with van der Waals surface area (Å²) in [6.45, 7) is 4.81. The SMILES string of the molecule is CC1(C)c2cc(-c3c4ccccc4c(-c4ccccc4)c4ccccc34)ccc2-c2ccc(-n3c4ccccc4c4cc(-c5ccc(N(c6ccccc6)c6ccccc6)cc5)ccc43)cc21. The van der Waals surface area contributed by atoms with Crippen LogP contribution in [0.2, 0.25) is 0 Å². The highest BCUT2D eigenvalue weighted by Crippen LogP contribution is 2.52. The van der Waals surface area contributed by atoms with Crippen LogP contribution in [0.1, 0.15) is 25.0 Å². The van der Waals surface area contributed by atoms with Crippen LogP contribution in [0.4, 0.5) is 17.1 Å². The minimum atomic E-state index is -0.221. The summed E-state index contributed by atoms with van der Waals surface area (Å²) in [6, 6.07) is 89.1. The summed E-state index contributed by atoms with van der Waals surface area (Å²) >= 11 is 0. The molecule has 0 saturated carbocycles. The van der Waals surface area contributed by atoms with Crippen molar-refractivity contribution in [2.24, 2.45) is 0 Å². The van der Waals surface area contributed by atoms with Crippen LogP contribution < -0.4 is 4.90 Å². The zero-order chi connectivity index (χ0) is 44.6. The van der Waals surface area contributed by atoms with E-state index in [9.17, 15) is 0 Å². The number of fused-ring (bicyclic) bond motifs is 8. The Bertz CT molecular complexity index is 3770. The van der Waals surface area contributed by atoms with Crippen LogP contribution >= 0.6 is 0 Å². The van der Waals surface area contributed by atoms with Crippen molar-refractivity contribution in [2.45, 2.75) is 19.3 Å². The lowest BCUT2D eigenvalue weighted by Gasteiger charge is -2.25. The minimum absolute atomic E-state index is 0.221. The first-order valence-electron chi connectivity index (χ1n) is 23.3. The Labute approximate surface area is 391 Å². The summed E-state index contributed by atoms with van der Waals surface area (Å²) < 4.78 is 2.46. The largest absolute Gasteiger partial charge is 0.311 e. The van der Waals surface area contributed by atoms with Gasteiger partial charge in [-0.3, -0.25) is 0 Å².